The molecule has 0 aliphatic carbocycles. The first-order valence-electron chi connectivity index (χ1n) is 7.50. The molecule has 1 aromatic carbocycles. The first-order chi connectivity index (χ1) is 10.0. The summed E-state index contributed by atoms with van der Waals surface area (Å²) in [6.45, 7) is 7.06. The SMILES string of the molecule is CC(C)NCc1cccc(CN(C)Cc2nccn2C)c1. The number of nitrogens with one attached hydrogen (secondary N) is 1. The van der Waals surface area contributed by atoms with Gasteiger partial charge in [0.25, 0.3) is 0 Å². The highest BCUT2D eigenvalue weighted by Crippen LogP contribution is 2.10. The Bertz CT molecular complexity index is 559. The lowest BCUT2D eigenvalue weighted by Crippen LogP contribution is -2.22. The molecule has 0 radical (unpaired) electrons. The van der Waals surface area contributed by atoms with Crippen LogP contribution < -0.4 is 5.32 Å². The number of imidazole rings is 1. The van der Waals surface area contributed by atoms with Crippen LogP contribution in [-0.2, 0) is 26.7 Å². The molecule has 0 aliphatic heterocycles. The lowest BCUT2D eigenvalue weighted by Gasteiger charge is -2.17. The summed E-state index contributed by atoms with van der Waals surface area (Å²) < 4.78 is 2.07. The summed E-state index contributed by atoms with van der Waals surface area (Å²) in [4.78, 5) is 6.66. The molecule has 0 bridgehead atoms. The third-order valence-electron chi connectivity index (χ3n) is 3.49. The van der Waals surface area contributed by atoms with Gasteiger partial charge in [-0.25, -0.2) is 4.98 Å². The zero-order valence-electron chi connectivity index (χ0n) is 13.5. The topological polar surface area (TPSA) is 33.1 Å². The second-order valence-corrected chi connectivity index (χ2v) is 5.98. The van der Waals surface area contributed by atoms with E-state index in [0.717, 1.165) is 25.5 Å². The van der Waals surface area contributed by atoms with Crippen LogP contribution in [0.5, 0.6) is 0 Å². The second kappa shape index (κ2) is 7.38. The van der Waals surface area contributed by atoms with E-state index in [9.17, 15) is 0 Å². The summed E-state index contributed by atoms with van der Waals surface area (Å²) in [5, 5.41) is 3.46. The Morgan fingerprint density at radius 1 is 1.24 bits per heavy atom. The fraction of sp³-hybridized carbons (Fsp3) is 0.471. The van der Waals surface area contributed by atoms with Gasteiger partial charge < -0.3 is 9.88 Å². The number of benzene rings is 1. The van der Waals surface area contributed by atoms with Gasteiger partial charge in [0.1, 0.15) is 5.82 Å². The van der Waals surface area contributed by atoms with E-state index in [4.69, 9.17) is 0 Å². The zero-order chi connectivity index (χ0) is 15.2. The molecule has 4 heteroatoms. The van der Waals surface area contributed by atoms with E-state index in [2.05, 4.69) is 64.9 Å². The standard InChI is InChI=1S/C17H26N4/c1-14(2)19-11-15-6-5-7-16(10-15)12-20(3)13-17-18-8-9-21(17)4/h5-10,14,19H,11-13H2,1-4H3. The largest absolute Gasteiger partial charge is 0.337 e. The van der Waals surface area contributed by atoms with Gasteiger partial charge in [-0.05, 0) is 18.2 Å². The lowest BCUT2D eigenvalue weighted by molar-refractivity contribution is 0.307. The van der Waals surface area contributed by atoms with Crippen molar-refractivity contribution in [3.8, 4) is 0 Å². The maximum Gasteiger partial charge on any atom is 0.122 e. The third-order valence-corrected chi connectivity index (χ3v) is 3.49. The van der Waals surface area contributed by atoms with E-state index in [1.807, 2.05) is 19.4 Å². The van der Waals surface area contributed by atoms with Crippen molar-refractivity contribution in [1.82, 2.24) is 19.8 Å². The molecule has 1 heterocycles. The fourth-order valence-corrected chi connectivity index (χ4v) is 2.32. The summed E-state index contributed by atoms with van der Waals surface area (Å²) >= 11 is 0. The fourth-order valence-electron chi connectivity index (χ4n) is 2.32. The predicted octanol–water partition coefficient (Wildman–Crippen LogP) is 2.55. The highest BCUT2D eigenvalue weighted by Gasteiger charge is 2.06. The Kier molecular flexibility index (Phi) is 5.53. The predicted molar refractivity (Wildman–Crippen MR) is 86.8 cm³/mol. The van der Waals surface area contributed by atoms with Gasteiger partial charge in [-0.3, -0.25) is 4.90 Å². The molecule has 114 valence electrons. The molecule has 2 rings (SSSR count). The number of hydrogen-bond acceptors (Lipinski definition) is 3. The Balaban J connectivity index is 1.92. The van der Waals surface area contributed by atoms with Crippen LogP contribution in [0.15, 0.2) is 36.7 Å². The average molecular weight is 286 g/mol. The van der Waals surface area contributed by atoms with Crippen molar-refractivity contribution in [3.63, 3.8) is 0 Å². The minimum Gasteiger partial charge on any atom is -0.337 e. The van der Waals surface area contributed by atoms with Gasteiger partial charge in [0.2, 0.25) is 0 Å². The van der Waals surface area contributed by atoms with Crippen molar-refractivity contribution >= 4 is 0 Å². The van der Waals surface area contributed by atoms with E-state index < -0.39 is 0 Å². The molecule has 0 spiro atoms. The molecule has 0 fully saturated rings. The third kappa shape index (κ3) is 4.99. The van der Waals surface area contributed by atoms with Crippen LogP contribution >= 0.6 is 0 Å². The van der Waals surface area contributed by atoms with Crippen LogP contribution in [0.4, 0.5) is 0 Å². The zero-order valence-corrected chi connectivity index (χ0v) is 13.5. The van der Waals surface area contributed by atoms with Crippen molar-refractivity contribution in [1.29, 1.82) is 0 Å². The number of nitrogens with zero attached hydrogens (tertiary/aromatic N) is 3. The maximum absolute atomic E-state index is 4.38. The van der Waals surface area contributed by atoms with E-state index in [1.165, 1.54) is 11.1 Å². The monoisotopic (exact) mass is 286 g/mol. The van der Waals surface area contributed by atoms with Gasteiger partial charge in [0.05, 0.1) is 6.54 Å². The van der Waals surface area contributed by atoms with Gasteiger partial charge in [-0.2, -0.15) is 0 Å². The van der Waals surface area contributed by atoms with E-state index in [1.54, 1.807) is 0 Å². The van der Waals surface area contributed by atoms with E-state index in [-0.39, 0.29) is 0 Å². The van der Waals surface area contributed by atoms with Gasteiger partial charge in [-0.1, -0.05) is 38.1 Å². The average Bonchev–Trinajstić information content (AvgIpc) is 2.82. The smallest absolute Gasteiger partial charge is 0.122 e. The molecule has 2 aromatic rings. The Hall–Kier alpha value is -1.65. The second-order valence-electron chi connectivity index (χ2n) is 5.98. The van der Waals surface area contributed by atoms with Crippen LogP contribution in [-0.4, -0.2) is 27.5 Å². The van der Waals surface area contributed by atoms with Crippen LogP contribution in [0.2, 0.25) is 0 Å². The number of aromatic nitrogens is 2. The van der Waals surface area contributed by atoms with Gasteiger partial charge in [0.15, 0.2) is 0 Å². The first-order valence-corrected chi connectivity index (χ1v) is 7.50. The normalized spacial score (nSPS) is 11.5. The van der Waals surface area contributed by atoms with Gasteiger partial charge in [-0.15, -0.1) is 0 Å². The molecule has 21 heavy (non-hydrogen) atoms. The minimum atomic E-state index is 0.514. The summed E-state index contributed by atoms with van der Waals surface area (Å²) in [5.74, 6) is 1.09. The summed E-state index contributed by atoms with van der Waals surface area (Å²) in [6, 6.07) is 9.30. The molecule has 4 nitrogen and oxygen atoms in total. The summed E-state index contributed by atoms with van der Waals surface area (Å²) in [5.41, 5.74) is 2.68. The van der Waals surface area contributed by atoms with E-state index >= 15 is 0 Å². The van der Waals surface area contributed by atoms with Crippen molar-refractivity contribution in [2.75, 3.05) is 7.05 Å². The van der Waals surface area contributed by atoms with E-state index in [0.29, 0.717) is 6.04 Å². The summed E-state index contributed by atoms with van der Waals surface area (Å²) in [7, 11) is 4.17. The molecule has 1 N–H and O–H groups in total. The number of rotatable bonds is 7. The van der Waals surface area contributed by atoms with Crippen molar-refractivity contribution < 1.29 is 0 Å². The van der Waals surface area contributed by atoms with Crippen molar-refractivity contribution in [3.05, 3.63) is 53.6 Å². The molecule has 0 aliphatic rings. The highest BCUT2D eigenvalue weighted by molar-refractivity contribution is 5.23. The van der Waals surface area contributed by atoms with Gasteiger partial charge in [0, 0.05) is 38.6 Å². The molecule has 0 unspecified atom stereocenters. The van der Waals surface area contributed by atoms with Crippen molar-refractivity contribution in [2.45, 2.75) is 39.5 Å². The first kappa shape index (κ1) is 15.7. The molecule has 0 amide bonds. The Morgan fingerprint density at radius 2 is 2.00 bits per heavy atom. The maximum atomic E-state index is 4.38. The highest BCUT2D eigenvalue weighted by atomic mass is 15.1. The number of hydrogen-bond donors (Lipinski definition) is 1. The molecule has 0 saturated carbocycles. The lowest BCUT2D eigenvalue weighted by atomic mass is 10.1. The molecule has 0 saturated heterocycles. The van der Waals surface area contributed by atoms with Crippen LogP contribution in [0.3, 0.4) is 0 Å². The van der Waals surface area contributed by atoms with Crippen LogP contribution in [0.1, 0.15) is 30.8 Å². The number of aryl methyl sites for hydroxylation is 1. The molecular formula is C17H26N4. The summed E-state index contributed by atoms with van der Waals surface area (Å²) in [6.07, 6.45) is 3.84. The van der Waals surface area contributed by atoms with Crippen LogP contribution in [0.25, 0.3) is 0 Å². The molecule has 0 atom stereocenters. The Labute approximate surface area is 127 Å². The van der Waals surface area contributed by atoms with Gasteiger partial charge >= 0.3 is 0 Å². The quantitative estimate of drug-likeness (QED) is 0.849. The molecule has 1 aromatic heterocycles. The Morgan fingerprint density at radius 3 is 2.67 bits per heavy atom. The molecular weight excluding hydrogens is 260 g/mol. The van der Waals surface area contributed by atoms with Crippen LogP contribution in [0, 0.1) is 0 Å². The minimum absolute atomic E-state index is 0.514. The van der Waals surface area contributed by atoms with Crippen molar-refractivity contribution in [2.24, 2.45) is 7.05 Å².